The van der Waals surface area contributed by atoms with Crippen LogP contribution in [0.3, 0.4) is 0 Å². The number of piperidine rings is 1. The summed E-state index contributed by atoms with van der Waals surface area (Å²) < 4.78 is 11.2. The molecule has 34 heavy (non-hydrogen) atoms. The number of hydrogen-bond donors (Lipinski definition) is 1. The third-order valence-corrected chi connectivity index (χ3v) is 7.40. The first-order valence-corrected chi connectivity index (χ1v) is 12.8. The van der Waals surface area contributed by atoms with Crippen molar-refractivity contribution in [2.75, 3.05) is 50.8 Å². The van der Waals surface area contributed by atoms with E-state index >= 15 is 0 Å². The highest BCUT2D eigenvalue weighted by Gasteiger charge is 2.25. The molecule has 0 radical (unpaired) electrons. The lowest BCUT2D eigenvalue weighted by Crippen LogP contribution is -2.52. The first-order valence-electron chi connectivity index (χ1n) is 12.8. The standard InChI is InChI=1S/C26H41N3O3.2ClH/c1-21-19-28(16-13-22-11-14-27-15-12-22)17-18-29(21)23-7-9-24(10-8-23)31-20-26(30)32-25-5-3-2-4-6-25;;/h7-10,21-22,25,27H,2-6,11-20H2,1H3;2*1H. The van der Waals surface area contributed by atoms with Crippen LogP contribution >= 0.6 is 24.8 Å². The highest BCUT2D eigenvalue weighted by molar-refractivity contribution is 5.85. The Bertz CT molecular complexity index is 710. The minimum atomic E-state index is -0.254. The van der Waals surface area contributed by atoms with Gasteiger partial charge in [-0.2, -0.15) is 0 Å². The van der Waals surface area contributed by atoms with Gasteiger partial charge in [0, 0.05) is 31.4 Å². The fraction of sp³-hybridized carbons (Fsp3) is 0.731. The minimum Gasteiger partial charge on any atom is -0.482 e. The smallest absolute Gasteiger partial charge is 0.344 e. The SMILES string of the molecule is CC1CN(CCC2CCNCC2)CCN1c1ccc(OCC(=O)OC2CCCCC2)cc1.Cl.Cl. The normalized spacial score (nSPS) is 22.4. The Labute approximate surface area is 217 Å². The number of nitrogens with one attached hydrogen (secondary N) is 1. The summed E-state index contributed by atoms with van der Waals surface area (Å²) in [5.41, 5.74) is 1.23. The van der Waals surface area contributed by atoms with Crippen LogP contribution in [0.1, 0.15) is 58.3 Å². The van der Waals surface area contributed by atoms with Crippen LogP contribution in [0.25, 0.3) is 0 Å². The number of carbonyl (C=O) groups excluding carboxylic acids is 1. The van der Waals surface area contributed by atoms with Gasteiger partial charge in [0.15, 0.2) is 6.61 Å². The maximum absolute atomic E-state index is 12.1. The zero-order valence-corrected chi connectivity index (χ0v) is 22.2. The molecule has 0 bridgehead atoms. The molecule has 3 aliphatic rings. The number of rotatable bonds is 8. The summed E-state index contributed by atoms with van der Waals surface area (Å²) in [7, 11) is 0. The average Bonchev–Trinajstić information content (AvgIpc) is 2.83. The van der Waals surface area contributed by atoms with E-state index in [-0.39, 0.29) is 43.5 Å². The fourth-order valence-corrected chi connectivity index (χ4v) is 5.43. The van der Waals surface area contributed by atoms with Gasteiger partial charge in [-0.05, 0) is 102 Å². The van der Waals surface area contributed by atoms with Crippen molar-refractivity contribution in [3.8, 4) is 5.75 Å². The molecule has 4 rings (SSSR count). The van der Waals surface area contributed by atoms with Gasteiger partial charge in [0.1, 0.15) is 11.9 Å². The Morgan fingerprint density at radius 1 is 1.00 bits per heavy atom. The Kier molecular flexibility index (Phi) is 12.8. The Morgan fingerprint density at radius 2 is 1.71 bits per heavy atom. The molecule has 0 amide bonds. The van der Waals surface area contributed by atoms with Crippen molar-refractivity contribution in [2.45, 2.75) is 70.4 Å². The molecule has 6 nitrogen and oxygen atoms in total. The molecule has 0 aromatic heterocycles. The third kappa shape index (κ3) is 8.78. The van der Waals surface area contributed by atoms with E-state index in [4.69, 9.17) is 9.47 Å². The average molecular weight is 517 g/mol. The van der Waals surface area contributed by atoms with Crippen molar-refractivity contribution >= 4 is 36.5 Å². The lowest BCUT2D eigenvalue weighted by molar-refractivity contribution is -0.152. The summed E-state index contributed by atoms with van der Waals surface area (Å²) in [6.45, 7) is 9.22. The topological polar surface area (TPSA) is 54.0 Å². The minimum absolute atomic E-state index is 0. The van der Waals surface area contributed by atoms with E-state index in [9.17, 15) is 4.79 Å². The van der Waals surface area contributed by atoms with Gasteiger partial charge in [0.05, 0.1) is 0 Å². The summed E-state index contributed by atoms with van der Waals surface area (Å²) in [5, 5.41) is 3.47. The molecular formula is C26H43Cl2N3O3. The number of benzene rings is 1. The van der Waals surface area contributed by atoms with Gasteiger partial charge in [0.2, 0.25) is 0 Å². The zero-order valence-electron chi connectivity index (χ0n) is 20.6. The molecule has 2 saturated heterocycles. The second-order valence-electron chi connectivity index (χ2n) is 9.86. The quantitative estimate of drug-likeness (QED) is 0.507. The molecular weight excluding hydrogens is 473 g/mol. The molecule has 2 heterocycles. The largest absolute Gasteiger partial charge is 0.482 e. The lowest BCUT2D eigenvalue weighted by Gasteiger charge is -2.42. The molecule has 1 aliphatic carbocycles. The molecule has 8 heteroatoms. The number of ether oxygens (including phenoxy) is 2. The van der Waals surface area contributed by atoms with Crippen molar-refractivity contribution in [3.63, 3.8) is 0 Å². The first kappa shape index (κ1) is 29.0. The van der Waals surface area contributed by atoms with Crippen LogP contribution in [0, 0.1) is 5.92 Å². The maximum atomic E-state index is 12.1. The predicted octanol–water partition coefficient (Wildman–Crippen LogP) is 4.69. The van der Waals surface area contributed by atoms with Crippen LogP contribution in [0.15, 0.2) is 24.3 Å². The Morgan fingerprint density at radius 3 is 2.38 bits per heavy atom. The number of esters is 1. The van der Waals surface area contributed by atoms with Crippen molar-refractivity contribution in [1.82, 2.24) is 10.2 Å². The van der Waals surface area contributed by atoms with E-state index in [2.05, 4.69) is 34.2 Å². The van der Waals surface area contributed by atoms with Crippen molar-refractivity contribution < 1.29 is 14.3 Å². The first-order chi connectivity index (χ1) is 15.7. The second kappa shape index (κ2) is 15.0. The fourth-order valence-electron chi connectivity index (χ4n) is 5.43. The molecule has 1 aromatic carbocycles. The van der Waals surface area contributed by atoms with Crippen LogP contribution in [0.5, 0.6) is 5.75 Å². The monoisotopic (exact) mass is 515 g/mol. The molecule has 1 unspecified atom stereocenters. The van der Waals surface area contributed by atoms with Crippen LogP contribution in [-0.2, 0) is 9.53 Å². The van der Waals surface area contributed by atoms with E-state index in [1.807, 2.05) is 12.1 Å². The number of anilines is 1. The van der Waals surface area contributed by atoms with Gasteiger partial charge in [-0.1, -0.05) is 6.42 Å². The number of nitrogens with zero attached hydrogens (tertiary/aromatic N) is 2. The third-order valence-electron chi connectivity index (χ3n) is 7.40. The van der Waals surface area contributed by atoms with E-state index in [1.165, 1.54) is 51.0 Å². The molecule has 2 aliphatic heterocycles. The van der Waals surface area contributed by atoms with Gasteiger partial charge in [0.25, 0.3) is 0 Å². The molecule has 194 valence electrons. The number of halogens is 2. The number of piperazine rings is 1. The lowest BCUT2D eigenvalue weighted by atomic mass is 9.94. The van der Waals surface area contributed by atoms with Crippen LogP contribution in [-0.4, -0.2) is 68.9 Å². The second-order valence-corrected chi connectivity index (χ2v) is 9.86. The van der Waals surface area contributed by atoms with Crippen LogP contribution < -0.4 is 15.0 Å². The van der Waals surface area contributed by atoms with Crippen LogP contribution in [0.2, 0.25) is 0 Å². The van der Waals surface area contributed by atoms with Crippen LogP contribution in [0.4, 0.5) is 5.69 Å². The molecule has 0 spiro atoms. The summed E-state index contributed by atoms with van der Waals surface area (Å²) in [4.78, 5) is 17.2. The van der Waals surface area contributed by atoms with Gasteiger partial charge in [-0.15, -0.1) is 24.8 Å². The van der Waals surface area contributed by atoms with Gasteiger partial charge in [-0.25, -0.2) is 4.79 Å². The maximum Gasteiger partial charge on any atom is 0.344 e. The summed E-state index contributed by atoms with van der Waals surface area (Å²) >= 11 is 0. The van der Waals surface area contributed by atoms with E-state index in [1.54, 1.807) is 0 Å². The van der Waals surface area contributed by atoms with E-state index in [0.717, 1.165) is 57.0 Å². The summed E-state index contributed by atoms with van der Waals surface area (Å²) in [6, 6.07) is 8.67. The molecule has 1 aromatic rings. The molecule has 1 N–H and O–H groups in total. The van der Waals surface area contributed by atoms with Crippen molar-refractivity contribution in [1.29, 1.82) is 0 Å². The number of hydrogen-bond acceptors (Lipinski definition) is 6. The van der Waals surface area contributed by atoms with Gasteiger partial charge in [-0.3, -0.25) is 4.90 Å². The molecule has 1 saturated carbocycles. The Hall–Kier alpha value is -1.21. The van der Waals surface area contributed by atoms with E-state index in [0.29, 0.717) is 6.04 Å². The number of carbonyl (C=O) groups is 1. The highest BCUT2D eigenvalue weighted by atomic mass is 35.5. The van der Waals surface area contributed by atoms with Crippen molar-refractivity contribution in [2.24, 2.45) is 5.92 Å². The molecule has 3 fully saturated rings. The predicted molar refractivity (Wildman–Crippen MR) is 143 cm³/mol. The zero-order chi connectivity index (χ0) is 22.2. The van der Waals surface area contributed by atoms with Crippen molar-refractivity contribution in [3.05, 3.63) is 24.3 Å². The summed E-state index contributed by atoms with van der Waals surface area (Å²) in [6.07, 6.45) is 9.64. The molecule has 1 atom stereocenters. The van der Waals surface area contributed by atoms with Gasteiger partial charge < -0.3 is 19.7 Å². The van der Waals surface area contributed by atoms with E-state index < -0.39 is 0 Å². The summed E-state index contributed by atoms with van der Waals surface area (Å²) in [5.74, 6) is 1.37. The Balaban J connectivity index is 0.00000204. The van der Waals surface area contributed by atoms with Gasteiger partial charge >= 0.3 is 5.97 Å². The highest BCUT2D eigenvalue weighted by Crippen LogP contribution is 2.25.